The maximum Gasteiger partial charge on any atom is 0.305 e. The van der Waals surface area contributed by atoms with E-state index in [1.807, 2.05) is 18.2 Å². The van der Waals surface area contributed by atoms with Crippen LogP contribution in [0.15, 0.2) is 30.0 Å². The smallest absolute Gasteiger partial charge is 0.305 e. The number of esters is 2. The van der Waals surface area contributed by atoms with Crippen LogP contribution in [0.5, 0.6) is 5.75 Å². The van der Waals surface area contributed by atoms with Crippen molar-refractivity contribution in [2.75, 3.05) is 13.7 Å². The van der Waals surface area contributed by atoms with Crippen molar-refractivity contribution in [2.45, 2.75) is 31.8 Å². The number of hydrogen-bond acceptors (Lipinski definition) is 6. The fraction of sp³-hybridized carbons (Fsp3) is 0.444. The summed E-state index contributed by atoms with van der Waals surface area (Å²) in [6.07, 6.45) is 2.07. The first-order valence-corrected chi connectivity index (χ1v) is 7.91. The molecule has 3 rings (SSSR count). The van der Waals surface area contributed by atoms with Crippen LogP contribution >= 0.6 is 0 Å². The molecule has 0 aromatic heterocycles. The molecule has 6 heteroatoms. The molecule has 0 saturated heterocycles. The van der Waals surface area contributed by atoms with Gasteiger partial charge in [-0.2, -0.15) is 0 Å². The number of carbonyl (C=O) groups excluding carboxylic acids is 2. The lowest BCUT2D eigenvalue weighted by atomic mass is 9.87. The zero-order valence-corrected chi connectivity index (χ0v) is 13.7. The molecule has 1 unspecified atom stereocenters. The molecule has 1 aromatic carbocycles. The first kappa shape index (κ1) is 16.5. The molecule has 1 aromatic rings. The third kappa shape index (κ3) is 2.89. The van der Waals surface area contributed by atoms with Crippen molar-refractivity contribution in [3.8, 4) is 5.75 Å². The van der Waals surface area contributed by atoms with Crippen molar-refractivity contribution >= 4 is 11.9 Å². The molecule has 0 amide bonds. The van der Waals surface area contributed by atoms with Gasteiger partial charge in [-0.05, 0) is 18.1 Å². The molecule has 0 radical (unpaired) electrons. The fourth-order valence-corrected chi connectivity index (χ4v) is 3.42. The van der Waals surface area contributed by atoms with Gasteiger partial charge in [-0.15, -0.1) is 0 Å². The topological polar surface area (TPSA) is 82.1 Å². The molecule has 128 valence electrons. The Morgan fingerprint density at radius 3 is 2.79 bits per heavy atom. The molecule has 2 aliphatic rings. The quantitative estimate of drug-likeness (QED) is 0.827. The standard InChI is InChI=1S/C18H20O6/c1-10(20)23-14-8-15-17(13(14)9-19)12-5-3-4-11(18(12)24-15)6-7-16(21)22-2/h3-5,8,13-14,17,19H,6-7,9H2,1-2H3/t13-,14?,17+/m1/s1. The summed E-state index contributed by atoms with van der Waals surface area (Å²) in [5, 5.41) is 9.76. The number of ether oxygens (including phenoxy) is 3. The number of allylic oxidation sites excluding steroid dienone is 1. The van der Waals surface area contributed by atoms with Crippen LogP contribution in [0.25, 0.3) is 0 Å². The summed E-state index contributed by atoms with van der Waals surface area (Å²) < 4.78 is 15.9. The van der Waals surface area contributed by atoms with Gasteiger partial charge in [-0.1, -0.05) is 18.2 Å². The highest BCUT2D eigenvalue weighted by molar-refractivity contribution is 5.70. The maximum absolute atomic E-state index is 11.4. The van der Waals surface area contributed by atoms with Gasteiger partial charge in [-0.25, -0.2) is 0 Å². The van der Waals surface area contributed by atoms with E-state index in [2.05, 4.69) is 4.74 Å². The summed E-state index contributed by atoms with van der Waals surface area (Å²) in [5.74, 6) is 0.377. The third-order valence-corrected chi connectivity index (χ3v) is 4.51. The summed E-state index contributed by atoms with van der Waals surface area (Å²) >= 11 is 0. The molecule has 1 heterocycles. The van der Waals surface area contributed by atoms with Crippen LogP contribution in [-0.2, 0) is 25.5 Å². The molecular formula is C18H20O6. The Hall–Kier alpha value is -2.34. The zero-order chi connectivity index (χ0) is 17.3. The van der Waals surface area contributed by atoms with E-state index in [1.165, 1.54) is 14.0 Å². The second kappa shape index (κ2) is 6.65. The van der Waals surface area contributed by atoms with Gasteiger partial charge in [0.15, 0.2) is 0 Å². The number of para-hydroxylation sites is 1. The summed E-state index contributed by atoms with van der Waals surface area (Å²) in [7, 11) is 1.37. The van der Waals surface area contributed by atoms with Crippen molar-refractivity contribution in [1.29, 1.82) is 0 Å². The minimum Gasteiger partial charge on any atom is -0.469 e. The van der Waals surface area contributed by atoms with E-state index in [0.29, 0.717) is 12.2 Å². The van der Waals surface area contributed by atoms with Gasteiger partial charge >= 0.3 is 11.9 Å². The molecule has 6 nitrogen and oxygen atoms in total. The molecule has 0 saturated carbocycles. The Morgan fingerprint density at radius 2 is 2.12 bits per heavy atom. The lowest BCUT2D eigenvalue weighted by Crippen LogP contribution is -2.27. The Balaban J connectivity index is 1.86. The number of aliphatic hydroxyl groups is 1. The minimum absolute atomic E-state index is 0.113. The number of aryl methyl sites for hydroxylation is 1. The lowest BCUT2D eigenvalue weighted by molar-refractivity contribution is -0.146. The summed E-state index contributed by atoms with van der Waals surface area (Å²) in [6.45, 7) is 1.23. The van der Waals surface area contributed by atoms with Gasteiger partial charge in [-0.3, -0.25) is 9.59 Å². The molecule has 24 heavy (non-hydrogen) atoms. The molecule has 1 aliphatic carbocycles. The van der Waals surface area contributed by atoms with Crippen LogP contribution in [-0.4, -0.2) is 36.9 Å². The Labute approximate surface area is 140 Å². The summed E-state index contributed by atoms with van der Waals surface area (Å²) in [5.41, 5.74) is 1.88. The molecule has 1 N–H and O–H groups in total. The van der Waals surface area contributed by atoms with Crippen molar-refractivity contribution in [2.24, 2.45) is 5.92 Å². The van der Waals surface area contributed by atoms with Gasteiger partial charge in [0.25, 0.3) is 0 Å². The molecule has 3 atom stereocenters. The van der Waals surface area contributed by atoms with E-state index in [-0.39, 0.29) is 36.8 Å². The van der Waals surface area contributed by atoms with Crippen LogP contribution in [0.1, 0.15) is 30.4 Å². The normalized spacial score (nSPS) is 23.8. The van der Waals surface area contributed by atoms with Crippen LogP contribution in [0.3, 0.4) is 0 Å². The number of benzene rings is 1. The number of hydrogen-bond donors (Lipinski definition) is 1. The van der Waals surface area contributed by atoms with E-state index in [4.69, 9.17) is 9.47 Å². The second-order valence-corrected chi connectivity index (χ2v) is 5.98. The number of rotatable bonds is 5. The predicted molar refractivity (Wildman–Crippen MR) is 84.4 cm³/mol. The Bertz CT molecular complexity index is 693. The zero-order valence-electron chi connectivity index (χ0n) is 13.7. The van der Waals surface area contributed by atoms with Gasteiger partial charge < -0.3 is 19.3 Å². The van der Waals surface area contributed by atoms with Crippen LogP contribution in [0.4, 0.5) is 0 Å². The van der Waals surface area contributed by atoms with Gasteiger partial charge in [0, 0.05) is 24.8 Å². The van der Waals surface area contributed by atoms with Crippen molar-refractivity contribution in [3.63, 3.8) is 0 Å². The minimum atomic E-state index is -0.487. The molecule has 0 bridgehead atoms. The van der Waals surface area contributed by atoms with Crippen molar-refractivity contribution in [1.82, 2.24) is 0 Å². The highest BCUT2D eigenvalue weighted by Crippen LogP contribution is 2.51. The van der Waals surface area contributed by atoms with Crippen LogP contribution < -0.4 is 4.74 Å². The average Bonchev–Trinajstić information content (AvgIpc) is 3.07. The predicted octanol–water partition coefficient (Wildman–Crippen LogP) is 1.71. The SMILES string of the molecule is COC(=O)CCc1cccc2c1OC1=CC(OC(C)=O)[C@@H](CO)[C@@H]12. The molecule has 0 fully saturated rings. The maximum atomic E-state index is 11.4. The largest absolute Gasteiger partial charge is 0.469 e. The Morgan fingerprint density at radius 1 is 1.33 bits per heavy atom. The van der Waals surface area contributed by atoms with Gasteiger partial charge in [0.05, 0.1) is 19.6 Å². The highest BCUT2D eigenvalue weighted by atomic mass is 16.5. The fourth-order valence-electron chi connectivity index (χ4n) is 3.42. The molecule has 0 spiro atoms. The molecule has 1 aliphatic heterocycles. The van der Waals surface area contributed by atoms with E-state index < -0.39 is 6.10 Å². The first-order chi connectivity index (χ1) is 11.5. The second-order valence-electron chi connectivity index (χ2n) is 5.98. The van der Waals surface area contributed by atoms with Crippen LogP contribution in [0, 0.1) is 5.92 Å². The lowest BCUT2D eigenvalue weighted by Gasteiger charge is -2.21. The van der Waals surface area contributed by atoms with Gasteiger partial charge in [0.2, 0.25) is 0 Å². The monoisotopic (exact) mass is 332 g/mol. The van der Waals surface area contributed by atoms with Crippen molar-refractivity contribution in [3.05, 3.63) is 41.2 Å². The molecular weight excluding hydrogens is 312 g/mol. The number of fused-ring (bicyclic) bond motifs is 3. The number of methoxy groups -OCH3 is 1. The highest BCUT2D eigenvalue weighted by Gasteiger charge is 2.46. The third-order valence-electron chi connectivity index (χ3n) is 4.51. The number of aliphatic hydroxyl groups excluding tert-OH is 1. The first-order valence-electron chi connectivity index (χ1n) is 7.91. The van der Waals surface area contributed by atoms with E-state index >= 15 is 0 Å². The van der Waals surface area contributed by atoms with Gasteiger partial charge in [0.1, 0.15) is 17.6 Å². The Kier molecular flexibility index (Phi) is 4.57. The summed E-state index contributed by atoms with van der Waals surface area (Å²) in [4.78, 5) is 22.6. The number of carbonyl (C=O) groups is 2. The summed E-state index contributed by atoms with van der Waals surface area (Å²) in [6, 6.07) is 5.77. The van der Waals surface area contributed by atoms with Crippen molar-refractivity contribution < 1.29 is 28.9 Å². The van der Waals surface area contributed by atoms with E-state index in [1.54, 1.807) is 6.08 Å². The van der Waals surface area contributed by atoms with Crippen LogP contribution in [0.2, 0.25) is 0 Å². The van der Waals surface area contributed by atoms with E-state index in [9.17, 15) is 14.7 Å². The average molecular weight is 332 g/mol. The van der Waals surface area contributed by atoms with E-state index in [0.717, 1.165) is 16.9 Å².